The predicted octanol–water partition coefficient (Wildman–Crippen LogP) is -0.306. The van der Waals surface area contributed by atoms with E-state index < -0.39 is 23.6 Å². The summed E-state index contributed by atoms with van der Waals surface area (Å²) in [6, 6.07) is -1.09. The smallest absolute Gasteiger partial charge is 0.329 e. The lowest BCUT2D eigenvalue weighted by molar-refractivity contribution is -0.148. The molecule has 8 nitrogen and oxygen atoms in total. The lowest BCUT2D eigenvalue weighted by atomic mass is 9.93. The van der Waals surface area contributed by atoms with E-state index in [1.165, 1.54) is 4.90 Å². The van der Waals surface area contributed by atoms with Gasteiger partial charge in [0.25, 0.3) is 0 Å². The van der Waals surface area contributed by atoms with E-state index in [0.717, 1.165) is 0 Å². The number of aliphatic carboxylic acids is 1. The van der Waals surface area contributed by atoms with Gasteiger partial charge in [0.2, 0.25) is 0 Å². The minimum Gasteiger partial charge on any atom is -0.479 e. The molecule has 19 heavy (non-hydrogen) atoms. The maximum absolute atomic E-state index is 12.0. The van der Waals surface area contributed by atoms with Gasteiger partial charge < -0.3 is 26.4 Å². The number of nitrogens with one attached hydrogen (secondary N) is 2. The van der Waals surface area contributed by atoms with Crippen LogP contribution in [0.1, 0.15) is 26.2 Å². The zero-order chi connectivity index (χ0) is 14.5. The molecule has 1 heterocycles. The van der Waals surface area contributed by atoms with Crippen molar-refractivity contribution in [3.05, 3.63) is 0 Å². The van der Waals surface area contributed by atoms with Gasteiger partial charge in [-0.05, 0) is 19.3 Å². The van der Waals surface area contributed by atoms with Gasteiger partial charge in [0, 0.05) is 19.6 Å². The highest BCUT2D eigenvalue weighted by molar-refractivity contribution is 5.87. The summed E-state index contributed by atoms with van der Waals surface area (Å²) < 4.78 is 0. The number of likely N-dealkylation sites (tertiary alicyclic amines) is 1. The van der Waals surface area contributed by atoms with Crippen LogP contribution in [-0.2, 0) is 4.79 Å². The molecule has 0 aromatic heterocycles. The van der Waals surface area contributed by atoms with Crippen LogP contribution < -0.4 is 16.4 Å². The Balaban J connectivity index is 2.55. The SMILES string of the molecule is CCC1(C(=O)O)CCCN1C(=O)NCCNC(N)=O. The average molecular weight is 272 g/mol. The number of amides is 4. The van der Waals surface area contributed by atoms with Crippen molar-refractivity contribution in [2.75, 3.05) is 19.6 Å². The van der Waals surface area contributed by atoms with Crippen LogP contribution in [0.4, 0.5) is 9.59 Å². The number of nitrogens with zero attached hydrogens (tertiary/aromatic N) is 1. The number of rotatable bonds is 5. The number of primary amides is 1. The average Bonchev–Trinajstić information content (AvgIpc) is 2.79. The molecule has 1 fully saturated rings. The summed E-state index contributed by atoms with van der Waals surface area (Å²) in [6.07, 6.45) is 1.51. The molecule has 0 spiro atoms. The van der Waals surface area contributed by atoms with E-state index in [0.29, 0.717) is 25.8 Å². The topological polar surface area (TPSA) is 125 Å². The molecular formula is C11H20N4O4. The van der Waals surface area contributed by atoms with Gasteiger partial charge in [0.1, 0.15) is 5.54 Å². The fourth-order valence-electron chi connectivity index (χ4n) is 2.37. The summed E-state index contributed by atoms with van der Waals surface area (Å²) >= 11 is 0. The third-order valence-corrected chi connectivity index (χ3v) is 3.42. The molecule has 0 radical (unpaired) electrons. The fraction of sp³-hybridized carbons (Fsp3) is 0.727. The Labute approximate surface area is 111 Å². The lowest BCUT2D eigenvalue weighted by Gasteiger charge is -2.33. The van der Waals surface area contributed by atoms with Crippen LogP contribution in [0.5, 0.6) is 0 Å². The van der Waals surface area contributed by atoms with Gasteiger partial charge in [0.05, 0.1) is 0 Å². The largest absolute Gasteiger partial charge is 0.479 e. The number of carbonyl (C=O) groups excluding carboxylic acids is 2. The van der Waals surface area contributed by atoms with Crippen molar-refractivity contribution in [1.82, 2.24) is 15.5 Å². The third kappa shape index (κ3) is 3.27. The molecule has 1 aliphatic heterocycles. The van der Waals surface area contributed by atoms with Crippen LogP contribution in [0.25, 0.3) is 0 Å². The number of urea groups is 2. The molecule has 5 N–H and O–H groups in total. The first-order chi connectivity index (χ1) is 8.94. The number of carboxylic acid groups (broad SMARTS) is 1. The maximum atomic E-state index is 12.0. The van der Waals surface area contributed by atoms with Crippen molar-refractivity contribution in [1.29, 1.82) is 0 Å². The van der Waals surface area contributed by atoms with Crippen molar-refractivity contribution in [2.45, 2.75) is 31.7 Å². The van der Waals surface area contributed by atoms with E-state index in [1.54, 1.807) is 6.92 Å². The van der Waals surface area contributed by atoms with Gasteiger partial charge in [-0.2, -0.15) is 0 Å². The van der Waals surface area contributed by atoms with Crippen molar-refractivity contribution >= 4 is 18.0 Å². The molecule has 0 saturated carbocycles. The standard InChI is InChI=1S/C11H20N4O4/c1-2-11(8(16)17)4-3-7-15(11)10(19)14-6-5-13-9(12)18/h2-7H2,1H3,(H,14,19)(H,16,17)(H3,12,13,18). The second kappa shape index (κ2) is 6.26. The van der Waals surface area contributed by atoms with Gasteiger partial charge in [-0.1, -0.05) is 6.92 Å². The predicted molar refractivity (Wildman–Crippen MR) is 67.6 cm³/mol. The first kappa shape index (κ1) is 15.1. The maximum Gasteiger partial charge on any atom is 0.329 e. The Morgan fingerprint density at radius 1 is 1.32 bits per heavy atom. The first-order valence-corrected chi connectivity index (χ1v) is 6.26. The normalized spacial score (nSPS) is 22.1. The highest BCUT2D eigenvalue weighted by atomic mass is 16.4. The van der Waals surface area contributed by atoms with E-state index in [1.807, 2.05) is 0 Å². The van der Waals surface area contributed by atoms with Gasteiger partial charge >= 0.3 is 18.0 Å². The molecule has 8 heteroatoms. The second-order valence-electron chi connectivity index (χ2n) is 4.47. The molecule has 1 rings (SSSR count). The van der Waals surface area contributed by atoms with Gasteiger partial charge in [0.15, 0.2) is 0 Å². The van der Waals surface area contributed by atoms with Crippen LogP contribution in [0.3, 0.4) is 0 Å². The Morgan fingerprint density at radius 2 is 1.95 bits per heavy atom. The Kier molecular flexibility index (Phi) is 4.96. The van der Waals surface area contributed by atoms with Crippen molar-refractivity contribution in [2.24, 2.45) is 5.73 Å². The van der Waals surface area contributed by atoms with Crippen LogP contribution in [0.2, 0.25) is 0 Å². The van der Waals surface area contributed by atoms with Crippen molar-refractivity contribution in [3.63, 3.8) is 0 Å². The molecule has 1 aliphatic rings. The number of hydrogen-bond donors (Lipinski definition) is 4. The fourth-order valence-corrected chi connectivity index (χ4v) is 2.37. The van der Waals surface area contributed by atoms with Crippen LogP contribution in [0, 0.1) is 0 Å². The van der Waals surface area contributed by atoms with Crippen LogP contribution in [-0.4, -0.2) is 53.2 Å². The molecular weight excluding hydrogens is 252 g/mol. The number of carbonyl (C=O) groups is 3. The van der Waals surface area contributed by atoms with E-state index in [9.17, 15) is 19.5 Å². The van der Waals surface area contributed by atoms with E-state index in [-0.39, 0.29) is 13.1 Å². The molecule has 0 bridgehead atoms. The Hall–Kier alpha value is -1.99. The number of carboxylic acids is 1. The number of nitrogens with two attached hydrogens (primary N) is 1. The minimum atomic E-state index is -1.11. The van der Waals surface area contributed by atoms with Gasteiger partial charge in [-0.3, -0.25) is 0 Å². The molecule has 0 aromatic rings. The summed E-state index contributed by atoms with van der Waals surface area (Å²) in [5, 5.41) is 14.2. The van der Waals surface area contributed by atoms with Crippen LogP contribution in [0.15, 0.2) is 0 Å². The molecule has 0 aromatic carbocycles. The van der Waals surface area contributed by atoms with Crippen molar-refractivity contribution in [3.8, 4) is 0 Å². The summed E-state index contributed by atoms with van der Waals surface area (Å²) in [5.41, 5.74) is 3.78. The summed E-state index contributed by atoms with van der Waals surface area (Å²) in [5.74, 6) is -0.974. The van der Waals surface area contributed by atoms with E-state index in [2.05, 4.69) is 10.6 Å². The summed E-state index contributed by atoms with van der Waals surface area (Å²) in [6.45, 7) is 2.60. The quantitative estimate of drug-likeness (QED) is 0.512. The van der Waals surface area contributed by atoms with Gasteiger partial charge in [-0.25, -0.2) is 14.4 Å². The molecule has 1 unspecified atom stereocenters. The highest BCUT2D eigenvalue weighted by Crippen LogP contribution is 2.32. The highest BCUT2D eigenvalue weighted by Gasteiger charge is 2.48. The molecule has 108 valence electrons. The van der Waals surface area contributed by atoms with Crippen LogP contribution >= 0.6 is 0 Å². The minimum absolute atomic E-state index is 0.206. The molecule has 1 saturated heterocycles. The summed E-state index contributed by atoms with van der Waals surface area (Å²) in [7, 11) is 0. The van der Waals surface area contributed by atoms with E-state index >= 15 is 0 Å². The molecule has 4 amide bonds. The zero-order valence-corrected chi connectivity index (χ0v) is 10.9. The van der Waals surface area contributed by atoms with Gasteiger partial charge in [-0.15, -0.1) is 0 Å². The lowest BCUT2D eigenvalue weighted by Crippen LogP contribution is -2.56. The Morgan fingerprint density at radius 3 is 2.47 bits per heavy atom. The van der Waals surface area contributed by atoms with E-state index in [4.69, 9.17) is 5.73 Å². The Bertz CT molecular complexity index is 374. The van der Waals surface area contributed by atoms with Crippen molar-refractivity contribution < 1.29 is 19.5 Å². The number of hydrogen-bond acceptors (Lipinski definition) is 3. The second-order valence-corrected chi connectivity index (χ2v) is 4.47. The molecule has 1 atom stereocenters. The third-order valence-electron chi connectivity index (χ3n) is 3.42. The zero-order valence-electron chi connectivity index (χ0n) is 10.9. The monoisotopic (exact) mass is 272 g/mol. The first-order valence-electron chi connectivity index (χ1n) is 6.26. The molecule has 0 aliphatic carbocycles. The summed E-state index contributed by atoms with van der Waals surface area (Å²) in [4.78, 5) is 35.2.